The molecule has 0 spiro atoms. The quantitative estimate of drug-likeness (QED) is 0.324. The van der Waals surface area contributed by atoms with E-state index in [1.165, 1.54) is 31.2 Å². The van der Waals surface area contributed by atoms with E-state index in [9.17, 15) is 0 Å². The van der Waals surface area contributed by atoms with Gasteiger partial charge < -0.3 is 19.9 Å². The fourth-order valence-electron chi connectivity index (χ4n) is 3.50. The molecule has 0 unspecified atom stereocenters. The molecule has 1 aliphatic rings. The average Bonchev–Trinajstić information content (AvgIpc) is 3.29. The fourth-order valence-corrected chi connectivity index (χ4v) is 3.50. The van der Waals surface area contributed by atoms with Crippen molar-refractivity contribution in [3.05, 3.63) is 41.0 Å². The molecule has 1 heterocycles. The Morgan fingerprint density at radius 1 is 1.23 bits per heavy atom. The van der Waals surface area contributed by atoms with Crippen LogP contribution in [0.2, 0.25) is 0 Å². The topological polar surface area (TPSA) is 76.4 Å². The van der Waals surface area contributed by atoms with Gasteiger partial charge in [0.15, 0.2) is 11.8 Å². The number of aliphatic imine (C=N–C) groups is 1. The Morgan fingerprint density at radius 2 is 1.97 bits per heavy atom. The number of nitrogens with one attached hydrogen (secondary N) is 2. The highest BCUT2D eigenvalue weighted by atomic mass is 127. The number of halogens is 1. The second kappa shape index (κ2) is 11.5. The predicted octanol–water partition coefficient (Wildman–Crippen LogP) is 4.02. The van der Waals surface area contributed by atoms with Crippen molar-refractivity contribution >= 4 is 29.9 Å². The number of ether oxygens (including phenoxy) is 1. The highest BCUT2D eigenvalue weighted by Crippen LogP contribution is 2.23. The minimum Gasteiger partial charge on any atom is -0.491 e. The van der Waals surface area contributed by atoms with Crippen molar-refractivity contribution in [1.82, 2.24) is 25.4 Å². The first-order valence-corrected chi connectivity index (χ1v) is 10.6. The first-order valence-electron chi connectivity index (χ1n) is 10.6. The minimum absolute atomic E-state index is 0. The molecule has 2 aromatic rings. The second-order valence-corrected chi connectivity index (χ2v) is 8.14. The molecule has 0 saturated heterocycles. The van der Waals surface area contributed by atoms with Crippen LogP contribution in [0.5, 0.6) is 5.75 Å². The Labute approximate surface area is 197 Å². The zero-order valence-electron chi connectivity index (χ0n) is 18.7. The van der Waals surface area contributed by atoms with E-state index < -0.39 is 0 Å². The van der Waals surface area contributed by atoms with Crippen LogP contribution in [0, 0.1) is 13.8 Å². The number of aromatic nitrogens is 3. The van der Waals surface area contributed by atoms with Crippen molar-refractivity contribution in [3.63, 3.8) is 0 Å². The monoisotopic (exact) mass is 526 g/mol. The molecule has 8 heteroatoms. The SMILES string of the molecule is Cc1ccc(CN=C(NCc2nnc(C)n2C)NC2CCCC2)c(OC(C)C)c1.I. The standard InChI is InChI=1S/C22H34N6O.HI/c1-15(2)29-20-12-16(3)10-11-18(20)13-23-22(25-19-8-6-7-9-19)24-14-21-27-26-17(4)28(21)5;/h10-12,15,19H,6-9,13-14H2,1-5H3,(H2,23,24,25);1H. The summed E-state index contributed by atoms with van der Waals surface area (Å²) in [5.74, 6) is 3.52. The molecule has 7 nitrogen and oxygen atoms in total. The summed E-state index contributed by atoms with van der Waals surface area (Å²) in [5.41, 5.74) is 2.28. The van der Waals surface area contributed by atoms with Gasteiger partial charge in [-0.25, -0.2) is 4.99 Å². The molecule has 0 radical (unpaired) electrons. The molecule has 1 aromatic carbocycles. The van der Waals surface area contributed by atoms with Gasteiger partial charge in [0.25, 0.3) is 0 Å². The number of hydrogen-bond acceptors (Lipinski definition) is 4. The third kappa shape index (κ3) is 6.85. The largest absolute Gasteiger partial charge is 0.491 e. The lowest BCUT2D eigenvalue weighted by atomic mass is 10.1. The Balaban J connectivity index is 0.00000320. The number of guanidine groups is 1. The van der Waals surface area contributed by atoms with E-state index in [2.05, 4.69) is 46.0 Å². The van der Waals surface area contributed by atoms with Crippen molar-refractivity contribution in [2.24, 2.45) is 12.0 Å². The Hall–Kier alpha value is -1.84. The van der Waals surface area contributed by atoms with Crippen LogP contribution in [0.15, 0.2) is 23.2 Å². The van der Waals surface area contributed by atoms with Crippen LogP contribution < -0.4 is 15.4 Å². The van der Waals surface area contributed by atoms with Crippen molar-refractivity contribution in [2.45, 2.75) is 78.6 Å². The van der Waals surface area contributed by atoms with Crippen molar-refractivity contribution in [3.8, 4) is 5.75 Å². The molecule has 1 fully saturated rings. The predicted molar refractivity (Wildman–Crippen MR) is 131 cm³/mol. The Bertz CT molecular complexity index is 842. The highest BCUT2D eigenvalue weighted by Gasteiger charge is 2.17. The molecule has 166 valence electrons. The van der Waals surface area contributed by atoms with Gasteiger partial charge in [0, 0.05) is 18.7 Å². The molecular formula is C22H35IN6O. The average molecular weight is 526 g/mol. The summed E-state index contributed by atoms with van der Waals surface area (Å²) >= 11 is 0. The first kappa shape index (κ1) is 24.4. The zero-order chi connectivity index (χ0) is 20.8. The molecule has 1 saturated carbocycles. The summed E-state index contributed by atoms with van der Waals surface area (Å²) in [4.78, 5) is 4.86. The lowest BCUT2D eigenvalue weighted by molar-refractivity contribution is 0.240. The molecule has 0 amide bonds. The molecular weight excluding hydrogens is 491 g/mol. The third-order valence-electron chi connectivity index (χ3n) is 5.29. The van der Waals surface area contributed by atoms with E-state index in [4.69, 9.17) is 9.73 Å². The third-order valence-corrected chi connectivity index (χ3v) is 5.29. The van der Waals surface area contributed by atoms with Gasteiger partial charge >= 0.3 is 0 Å². The van der Waals surface area contributed by atoms with Crippen LogP contribution in [0.25, 0.3) is 0 Å². The van der Waals surface area contributed by atoms with Crippen molar-refractivity contribution in [1.29, 1.82) is 0 Å². The zero-order valence-corrected chi connectivity index (χ0v) is 21.1. The van der Waals surface area contributed by atoms with Gasteiger partial charge in [-0.05, 0) is 52.2 Å². The normalized spacial score (nSPS) is 14.7. The summed E-state index contributed by atoms with van der Waals surface area (Å²) in [6.07, 6.45) is 5.06. The van der Waals surface area contributed by atoms with Gasteiger partial charge in [0.05, 0.1) is 19.2 Å². The highest BCUT2D eigenvalue weighted by molar-refractivity contribution is 14.0. The maximum Gasteiger partial charge on any atom is 0.192 e. The molecule has 1 aliphatic carbocycles. The van der Waals surface area contributed by atoms with E-state index in [1.54, 1.807) is 0 Å². The minimum atomic E-state index is 0. The maximum absolute atomic E-state index is 6.01. The number of benzene rings is 1. The summed E-state index contributed by atoms with van der Waals surface area (Å²) in [6.45, 7) is 9.27. The van der Waals surface area contributed by atoms with Gasteiger partial charge in [-0.1, -0.05) is 25.0 Å². The second-order valence-electron chi connectivity index (χ2n) is 8.14. The van der Waals surface area contributed by atoms with Crippen LogP contribution in [0.1, 0.15) is 62.3 Å². The lowest BCUT2D eigenvalue weighted by Gasteiger charge is -2.18. The van der Waals surface area contributed by atoms with Crippen LogP contribution in [-0.2, 0) is 20.1 Å². The van der Waals surface area contributed by atoms with E-state index in [0.29, 0.717) is 19.1 Å². The van der Waals surface area contributed by atoms with Crippen LogP contribution in [-0.4, -0.2) is 32.9 Å². The van der Waals surface area contributed by atoms with Crippen molar-refractivity contribution in [2.75, 3.05) is 0 Å². The molecule has 2 N–H and O–H groups in total. The van der Waals surface area contributed by atoms with Crippen molar-refractivity contribution < 1.29 is 4.74 Å². The number of aryl methyl sites for hydroxylation is 2. The van der Waals surface area contributed by atoms with Crippen LogP contribution in [0.3, 0.4) is 0 Å². The fraction of sp³-hybridized carbons (Fsp3) is 0.591. The molecule has 30 heavy (non-hydrogen) atoms. The van der Waals surface area contributed by atoms with Gasteiger partial charge in [-0.15, -0.1) is 34.2 Å². The van der Waals surface area contributed by atoms with Gasteiger partial charge in [-0.3, -0.25) is 0 Å². The summed E-state index contributed by atoms with van der Waals surface area (Å²) in [6, 6.07) is 6.78. The van der Waals surface area contributed by atoms with E-state index in [0.717, 1.165) is 28.9 Å². The van der Waals surface area contributed by atoms with Crippen LogP contribution >= 0.6 is 24.0 Å². The van der Waals surface area contributed by atoms with E-state index >= 15 is 0 Å². The lowest BCUT2D eigenvalue weighted by Crippen LogP contribution is -2.42. The number of hydrogen-bond donors (Lipinski definition) is 2. The smallest absolute Gasteiger partial charge is 0.192 e. The summed E-state index contributed by atoms with van der Waals surface area (Å²) in [5, 5.41) is 15.4. The summed E-state index contributed by atoms with van der Waals surface area (Å²) in [7, 11) is 1.98. The summed E-state index contributed by atoms with van der Waals surface area (Å²) < 4.78 is 8.00. The molecule has 3 rings (SSSR count). The van der Waals surface area contributed by atoms with Gasteiger partial charge in [0.2, 0.25) is 0 Å². The van der Waals surface area contributed by atoms with E-state index in [1.807, 2.05) is 32.4 Å². The Morgan fingerprint density at radius 3 is 2.60 bits per heavy atom. The first-order chi connectivity index (χ1) is 13.9. The molecule has 0 bridgehead atoms. The molecule has 1 aromatic heterocycles. The molecule has 0 aliphatic heterocycles. The van der Waals surface area contributed by atoms with Gasteiger partial charge in [-0.2, -0.15) is 0 Å². The molecule has 0 atom stereocenters. The number of nitrogens with zero attached hydrogens (tertiary/aromatic N) is 4. The van der Waals surface area contributed by atoms with E-state index in [-0.39, 0.29) is 30.1 Å². The van der Waals surface area contributed by atoms with Gasteiger partial charge in [0.1, 0.15) is 11.6 Å². The van der Waals surface area contributed by atoms with Crippen LogP contribution in [0.4, 0.5) is 0 Å². The Kier molecular flexibility index (Phi) is 9.38. The number of rotatable bonds is 7. The maximum atomic E-state index is 6.01.